The minimum Gasteiger partial charge on any atom is -0.460 e. The van der Waals surface area contributed by atoms with E-state index in [1.54, 1.807) is 0 Å². The molecule has 0 aromatic rings. The van der Waals surface area contributed by atoms with E-state index >= 15 is 0 Å². The van der Waals surface area contributed by atoms with Gasteiger partial charge in [0.2, 0.25) is 0 Å². The number of nitrogens with zero attached hydrogens (tertiary/aromatic N) is 1. The van der Waals surface area contributed by atoms with Crippen molar-refractivity contribution < 1.29 is 28.6 Å². The van der Waals surface area contributed by atoms with E-state index in [2.05, 4.69) is 40.5 Å². The molecule has 0 aliphatic heterocycles. The maximum atomic E-state index is 12.6. The van der Waals surface area contributed by atoms with Gasteiger partial charge >= 0.3 is 17.9 Å². The molecular formula is C36H58BrNO6. The summed E-state index contributed by atoms with van der Waals surface area (Å²) in [4.78, 5) is 39.3. The standard InChI is InChI=1S/C36H57NO6.BrH/c1-10-28(4)16-13-19-31(7)25-41-34(38)22-37(23-35(39)42-26-32(8)20-14-17-29(5)11-2)24-36(40)43-27-33(9)21-15-18-30(6)12-3;/h10-12,19-21,28-30H,1-3,13-18,22-27H2,4-9H3;1H. The lowest BCUT2D eigenvalue weighted by Crippen LogP contribution is -2.40. The van der Waals surface area contributed by atoms with E-state index < -0.39 is 17.9 Å². The van der Waals surface area contributed by atoms with E-state index in [9.17, 15) is 14.4 Å². The largest absolute Gasteiger partial charge is 0.460 e. The zero-order chi connectivity index (χ0) is 32.6. The number of esters is 3. The highest BCUT2D eigenvalue weighted by Crippen LogP contribution is 2.11. The fourth-order valence-corrected chi connectivity index (χ4v) is 3.74. The fourth-order valence-electron chi connectivity index (χ4n) is 3.74. The molecule has 0 spiro atoms. The lowest BCUT2D eigenvalue weighted by Gasteiger charge is -2.20. The zero-order valence-electron chi connectivity index (χ0n) is 28.1. The maximum absolute atomic E-state index is 12.6. The van der Waals surface area contributed by atoms with Crippen LogP contribution in [0.2, 0.25) is 0 Å². The second-order valence-electron chi connectivity index (χ2n) is 11.6. The lowest BCUT2D eigenvalue weighted by atomic mass is 10.1. The van der Waals surface area contributed by atoms with Gasteiger partial charge in [0.05, 0.1) is 19.6 Å². The molecule has 0 saturated heterocycles. The summed E-state index contributed by atoms with van der Waals surface area (Å²) >= 11 is 0. The minimum atomic E-state index is -0.535. The first-order valence-corrected chi connectivity index (χ1v) is 15.4. The van der Waals surface area contributed by atoms with Crippen LogP contribution in [0.4, 0.5) is 0 Å². The summed E-state index contributed by atoms with van der Waals surface area (Å²) < 4.78 is 16.3. The molecule has 0 saturated carbocycles. The number of halogens is 1. The van der Waals surface area contributed by atoms with Crippen LogP contribution in [0.1, 0.15) is 80.1 Å². The molecule has 0 aromatic heterocycles. The Kier molecular flexibility index (Phi) is 26.3. The number of hydrogen-bond donors (Lipinski definition) is 0. The third-order valence-corrected chi connectivity index (χ3v) is 6.99. The molecule has 0 radical (unpaired) electrons. The van der Waals surface area contributed by atoms with Gasteiger partial charge in [-0.1, -0.05) is 57.2 Å². The molecule has 7 nitrogen and oxygen atoms in total. The monoisotopic (exact) mass is 679 g/mol. The molecule has 0 fully saturated rings. The second-order valence-corrected chi connectivity index (χ2v) is 11.6. The van der Waals surface area contributed by atoms with Crippen LogP contribution in [0.25, 0.3) is 0 Å². The maximum Gasteiger partial charge on any atom is 0.320 e. The van der Waals surface area contributed by atoms with Crippen molar-refractivity contribution in [3.05, 3.63) is 72.9 Å². The fraction of sp³-hybridized carbons (Fsp3) is 0.583. The van der Waals surface area contributed by atoms with Crippen LogP contribution in [0.3, 0.4) is 0 Å². The molecule has 44 heavy (non-hydrogen) atoms. The summed E-state index contributed by atoms with van der Waals surface area (Å²) in [5, 5.41) is 0. The molecule has 8 heteroatoms. The number of allylic oxidation sites excluding steroid dienone is 6. The smallest absolute Gasteiger partial charge is 0.320 e. The molecular weight excluding hydrogens is 622 g/mol. The van der Waals surface area contributed by atoms with Crippen molar-refractivity contribution in [2.24, 2.45) is 17.8 Å². The predicted molar refractivity (Wildman–Crippen MR) is 187 cm³/mol. The van der Waals surface area contributed by atoms with Crippen molar-refractivity contribution >= 4 is 34.9 Å². The Labute approximate surface area is 277 Å². The Balaban J connectivity index is 0. The molecule has 3 atom stereocenters. The van der Waals surface area contributed by atoms with Crippen molar-refractivity contribution in [3.63, 3.8) is 0 Å². The van der Waals surface area contributed by atoms with Crippen LogP contribution in [0.15, 0.2) is 72.9 Å². The second kappa shape index (κ2) is 26.7. The predicted octanol–water partition coefficient (Wildman–Crippen LogP) is 8.14. The van der Waals surface area contributed by atoms with Crippen molar-refractivity contribution in [1.82, 2.24) is 4.90 Å². The van der Waals surface area contributed by atoms with E-state index in [-0.39, 0.29) is 56.4 Å². The van der Waals surface area contributed by atoms with E-state index in [0.29, 0.717) is 17.8 Å². The first-order chi connectivity index (χ1) is 20.4. The molecule has 0 aromatic carbocycles. The Hall–Kier alpha value is -2.71. The molecule has 3 unspecified atom stereocenters. The van der Waals surface area contributed by atoms with Crippen LogP contribution in [0.5, 0.6) is 0 Å². The average Bonchev–Trinajstić information content (AvgIpc) is 2.97. The summed E-state index contributed by atoms with van der Waals surface area (Å²) in [6, 6.07) is 0. The molecule has 0 aliphatic rings. The van der Waals surface area contributed by atoms with E-state index in [1.807, 2.05) is 57.2 Å². The summed E-state index contributed by atoms with van der Waals surface area (Å²) in [5.74, 6) is -0.353. The minimum absolute atomic E-state index is 0. The molecule has 0 amide bonds. The molecule has 0 bridgehead atoms. The molecule has 0 heterocycles. The van der Waals surface area contributed by atoms with Gasteiger partial charge in [0.25, 0.3) is 0 Å². The van der Waals surface area contributed by atoms with Gasteiger partial charge in [-0.2, -0.15) is 0 Å². The van der Waals surface area contributed by atoms with Gasteiger partial charge in [0.15, 0.2) is 0 Å². The molecule has 250 valence electrons. The number of carbonyl (C=O) groups excluding carboxylic acids is 3. The average molecular weight is 681 g/mol. The summed E-state index contributed by atoms with van der Waals surface area (Å²) in [5.41, 5.74) is 2.80. The van der Waals surface area contributed by atoms with Crippen molar-refractivity contribution in [2.75, 3.05) is 39.5 Å². The van der Waals surface area contributed by atoms with Crippen LogP contribution in [-0.4, -0.2) is 62.3 Å². The van der Waals surface area contributed by atoms with E-state index in [4.69, 9.17) is 14.2 Å². The first kappa shape index (κ1) is 43.4. The summed E-state index contributed by atoms with van der Waals surface area (Å²) in [7, 11) is 0. The van der Waals surface area contributed by atoms with Crippen molar-refractivity contribution in [3.8, 4) is 0 Å². The lowest BCUT2D eigenvalue weighted by molar-refractivity contribution is -0.151. The van der Waals surface area contributed by atoms with Gasteiger partial charge in [-0.15, -0.1) is 36.7 Å². The van der Waals surface area contributed by atoms with Gasteiger partial charge in [-0.05, 0) is 93.8 Å². The van der Waals surface area contributed by atoms with Crippen LogP contribution >= 0.6 is 17.0 Å². The molecule has 0 aliphatic carbocycles. The van der Waals surface area contributed by atoms with Gasteiger partial charge in [-0.3, -0.25) is 19.3 Å². The van der Waals surface area contributed by atoms with E-state index in [0.717, 1.165) is 55.2 Å². The quantitative estimate of drug-likeness (QED) is 0.0579. The number of carbonyl (C=O) groups is 3. The Bertz CT molecular complexity index is 859. The van der Waals surface area contributed by atoms with Gasteiger partial charge < -0.3 is 14.2 Å². The van der Waals surface area contributed by atoms with Gasteiger partial charge in [-0.25, -0.2) is 0 Å². The van der Waals surface area contributed by atoms with Crippen LogP contribution < -0.4 is 0 Å². The topological polar surface area (TPSA) is 82.1 Å². The van der Waals surface area contributed by atoms with Crippen molar-refractivity contribution in [1.29, 1.82) is 0 Å². The molecule has 0 rings (SSSR count). The normalized spacial score (nSPS) is 14.1. The third-order valence-electron chi connectivity index (χ3n) is 6.99. The SMILES string of the molecule is Br.C=CC(C)CCC=C(C)COC(=O)CN(CC(=O)OCC(C)=CCCC(C)C=C)CC(=O)OCC(C)=CCCC(C)C=C. The highest BCUT2D eigenvalue weighted by Gasteiger charge is 2.20. The molecule has 0 N–H and O–H groups in total. The van der Waals surface area contributed by atoms with Crippen LogP contribution in [-0.2, 0) is 28.6 Å². The summed E-state index contributed by atoms with van der Waals surface area (Å²) in [6.07, 6.45) is 17.4. The number of rotatable bonds is 24. The van der Waals surface area contributed by atoms with E-state index in [1.165, 1.54) is 4.90 Å². The first-order valence-electron chi connectivity index (χ1n) is 15.4. The summed E-state index contributed by atoms with van der Waals surface area (Å²) in [6.45, 7) is 23.1. The zero-order valence-corrected chi connectivity index (χ0v) is 29.8. The van der Waals surface area contributed by atoms with Crippen LogP contribution in [0, 0.1) is 17.8 Å². The highest BCUT2D eigenvalue weighted by atomic mass is 79.9. The Morgan fingerprint density at radius 3 is 1.05 bits per heavy atom. The highest BCUT2D eigenvalue weighted by molar-refractivity contribution is 8.93. The third kappa shape index (κ3) is 24.7. The van der Waals surface area contributed by atoms with Gasteiger partial charge in [0, 0.05) is 0 Å². The van der Waals surface area contributed by atoms with Crippen molar-refractivity contribution in [2.45, 2.75) is 80.1 Å². The number of hydrogen-bond acceptors (Lipinski definition) is 7. The Morgan fingerprint density at radius 1 is 0.568 bits per heavy atom. The number of ether oxygens (including phenoxy) is 3. The Morgan fingerprint density at radius 2 is 0.818 bits per heavy atom. The van der Waals surface area contributed by atoms with Gasteiger partial charge in [0.1, 0.15) is 19.8 Å².